The summed E-state index contributed by atoms with van der Waals surface area (Å²) in [5, 5.41) is 0. The molecule has 1 aliphatic carbocycles. The van der Waals surface area contributed by atoms with E-state index in [1.165, 1.54) is 12.1 Å². The summed E-state index contributed by atoms with van der Waals surface area (Å²) in [6, 6.07) is 4.56. The Morgan fingerprint density at radius 2 is 2.11 bits per heavy atom. The third kappa shape index (κ3) is 2.64. The van der Waals surface area contributed by atoms with Crippen molar-refractivity contribution in [3.8, 4) is 5.75 Å². The number of methoxy groups -OCH3 is 2. The summed E-state index contributed by atoms with van der Waals surface area (Å²) in [6.45, 7) is 0.155. The summed E-state index contributed by atoms with van der Waals surface area (Å²) in [6.07, 6.45) is 5.54. The van der Waals surface area contributed by atoms with E-state index in [2.05, 4.69) is 0 Å². The summed E-state index contributed by atoms with van der Waals surface area (Å²) in [5.41, 5.74) is 0.703. The molecule has 18 heavy (non-hydrogen) atoms. The van der Waals surface area contributed by atoms with E-state index in [1.807, 2.05) is 6.08 Å². The van der Waals surface area contributed by atoms with Crippen LogP contribution < -0.4 is 4.74 Å². The fraction of sp³-hybridized carbons (Fsp3) is 0.429. The van der Waals surface area contributed by atoms with Crippen LogP contribution in [0.2, 0.25) is 0 Å². The lowest BCUT2D eigenvalue weighted by molar-refractivity contribution is 0.0501. The monoisotopic (exact) mass is 252 g/mol. The van der Waals surface area contributed by atoms with E-state index in [0.29, 0.717) is 5.75 Å². The fourth-order valence-corrected chi connectivity index (χ4v) is 2.00. The summed E-state index contributed by atoms with van der Waals surface area (Å²) in [7, 11) is 3.15. The smallest absolute Gasteiger partial charge is 0.188 e. The molecule has 0 bridgehead atoms. The predicted molar refractivity (Wildman–Crippen MR) is 66.0 cm³/mol. The Bertz CT molecular complexity index is 439. The van der Waals surface area contributed by atoms with Gasteiger partial charge in [0.05, 0.1) is 13.4 Å². The van der Waals surface area contributed by atoms with Crippen LogP contribution in [0.3, 0.4) is 0 Å². The van der Waals surface area contributed by atoms with Crippen molar-refractivity contribution in [3.05, 3.63) is 41.9 Å². The quantitative estimate of drug-likeness (QED) is 0.575. The maximum Gasteiger partial charge on any atom is 0.188 e. The van der Waals surface area contributed by atoms with E-state index in [9.17, 15) is 4.39 Å². The molecule has 0 saturated heterocycles. The molecule has 0 N–H and O–H groups in total. The molecular weight excluding hydrogens is 235 g/mol. The van der Waals surface area contributed by atoms with E-state index in [0.717, 1.165) is 18.4 Å². The number of hydrogen-bond acceptors (Lipinski definition) is 3. The van der Waals surface area contributed by atoms with Gasteiger partial charge in [-0.1, -0.05) is 0 Å². The Morgan fingerprint density at radius 3 is 2.72 bits per heavy atom. The largest absolute Gasteiger partial charge is 0.505 e. The van der Waals surface area contributed by atoms with Gasteiger partial charge in [0.15, 0.2) is 6.79 Å². The summed E-state index contributed by atoms with van der Waals surface area (Å²) >= 11 is 0. The van der Waals surface area contributed by atoms with Crippen LogP contribution in [0.25, 0.3) is 0 Å². The van der Waals surface area contributed by atoms with E-state index in [-0.39, 0.29) is 18.0 Å². The highest BCUT2D eigenvalue weighted by Crippen LogP contribution is 2.52. The van der Waals surface area contributed by atoms with E-state index < -0.39 is 0 Å². The highest BCUT2D eigenvalue weighted by Gasteiger charge is 2.44. The summed E-state index contributed by atoms with van der Waals surface area (Å²) < 4.78 is 28.7. The molecule has 0 heterocycles. The highest BCUT2D eigenvalue weighted by molar-refractivity contribution is 5.47. The Kier molecular flexibility index (Phi) is 3.87. The number of hydrogen-bond donors (Lipinski definition) is 0. The summed E-state index contributed by atoms with van der Waals surface area (Å²) in [4.78, 5) is 0. The minimum Gasteiger partial charge on any atom is -0.505 e. The average Bonchev–Trinajstić information content (AvgIpc) is 3.16. The third-order valence-corrected chi connectivity index (χ3v) is 3.12. The SMILES string of the molecule is COC=CC1(c2cc(F)ccc2OCOC)CC1. The Morgan fingerprint density at radius 1 is 1.33 bits per heavy atom. The second kappa shape index (κ2) is 5.40. The van der Waals surface area contributed by atoms with Crippen LogP contribution >= 0.6 is 0 Å². The van der Waals surface area contributed by atoms with Gasteiger partial charge in [-0.15, -0.1) is 0 Å². The molecule has 1 saturated carbocycles. The molecule has 1 aliphatic rings. The molecule has 4 heteroatoms. The van der Waals surface area contributed by atoms with Gasteiger partial charge in [0, 0.05) is 18.1 Å². The zero-order valence-electron chi connectivity index (χ0n) is 10.6. The number of benzene rings is 1. The van der Waals surface area contributed by atoms with E-state index in [4.69, 9.17) is 14.2 Å². The molecular formula is C14H17FO3. The number of halogens is 1. The van der Waals surface area contributed by atoms with Crippen LogP contribution in [0.4, 0.5) is 4.39 Å². The van der Waals surface area contributed by atoms with Gasteiger partial charge in [-0.2, -0.15) is 0 Å². The lowest BCUT2D eigenvalue weighted by Crippen LogP contribution is -2.09. The lowest BCUT2D eigenvalue weighted by atomic mass is 9.95. The first-order valence-electron chi connectivity index (χ1n) is 5.84. The van der Waals surface area contributed by atoms with Crippen LogP contribution in [0.15, 0.2) is 30.5 Å². The van der Waals surface area contributed by atoms with Crippen LogP contribution in [-0.4, -0.2) is 21.0 Å². The van der Waals surface area contributed by atoms with Gasteiger partial charge < -0.3 is 14.2 Å². The number of ether oxygens (including phenoxy) is 3. The van der Waals surface area contributed by atoms with E-state index in [1.54, 1.807) is 26.5 Å². The van der Waals surface area contributed by atoms with Gasteiger partial charge in [0.25, 0.3) is 0 Å². The van der Waals surface area contributed by atoms with Crippen molar-refractivity contribution in [2.24, 2.45) is 0 Å². The van der Waals surface area contributed by atoms with Crippen molar-refractivity contribution >= 4 is 0 Å². The van der Waals surface area contributed by atoms with Crippen molar-refractivity contribution < 1.29 is 18.6 Å². The maximum atomic E-state index is 13.4. The van der Waals surface area contributed by atoms with Gasteiger partial charge in [0.2, 0.25) is 0 Å². The standard InChI is InChI=1S/C14H17FO3/c1-16-8-7-14(5-6-14)12-9-11(15)3-4-13(12)18-10-17-2/h3-4,7-9H,5-6,10H2,1-2H3. The molecule has 0 radical (unpaired) electrons. The molecule has 1 aromatic rings. The van der Waals surface area contributed by atoms with Gasteiger partial charge in [-0.25, -0.2) is 4.39 Å². The van der Waals surface area contributed by atoms with Gasteiger partial charge in [0.1, 0.15) is 11.6 Å². The molecule has 0 atom stereocenters. The van der Waals surface area contributed by atoms with Crippen molar-refractivity contribution in [3.63, 3.8) is 0 Å². The van der Waals surface area contributed by atoms with Crippen LogP contribution in [0, 0.1) is 5.82 Å². The second-order valence-electron chi connectivity index (χ2n) is 4.39. The number of rotatable bonds is 6. The molecule has 0 aliphatic heterocycles. The predicted octanol–water partition coefficient (Wildman–Crippen LogP) is 3.00. The van der Waals surface area contributed by atoms with Gasteiger partial charge in [-0.3, -0.25) is 0 Å². The topological polar surface area (TPSA) is 27.7 Å². The third-order valence-electron chi connectivity index (χ3n) is 3.12. The molecule has 0 amide bonds. The molecule has 1 aromatic carbocycles. The molecule has 2 rings (SSSR count). The molecule has 0 unspecified atom stereocenters. The highest BCUT2D eigenvalue weighted by atomic mass is 19.1. The molecule has 0 spiro atoms. The van der Waals surface area contributed by atoms with Gasteiger partial charge in [-0.05, 0) is 37.1 Å². The van der Waals surface area contributed by atoms with Crippen LogP contribution in [0.1, 0.15) is 18.4 Å². The zero-order valence-corrected chi connectivity index (χ0v) is 10.6. The average molecular weight is 252 g/mol. The first-order chi connectivity index (χ1) is 8.72. The normalized spacial score (nSPS) is 16.8. The van der Waals surface area contributed by atoms with Gasteiger partial charge >= 0.3 is 0 Å². The molecule has 3 nitrogen and oxygen atoms in total. The minimum atomic E-state index is -0.258. The molecule has 1 fully saturated rings. The fourth-order valence-electron chi connectivity index (χ4n) is 2.00. The van der Waals surface area contributed by atoms with E-state index >= 15 is 0 Å². The summed E-state index contributed by atoms with van der Waals surface area (Å²) in [5.74, 6) is 0.406. The van der Waals surface area contributed by atoms with Crippen molar-refractivity contribution in [1.29, 1.82) is 0 Å². The van der Waals surface area contributed by atoms with Crippen LogP contribution in [0.5, 0.6) is 5.75 Å². The van der Waals surface area contributed by atoms with Crippen LogP contribution in [-0.2, 0) is 14.9 Å². The van der Waals surface area contributed by atoms with Crippen molar-refractivity contribution in [2.45, 2.75) is 18.3 Å². The zero-order chi connectivity index (χ0) is 13.0. The lowest BCUT2D eigenvalue weighted by Gasteiger charge is -2.16. The number of allylic oxidation sites excluding steroid dienone is 1. The molecule has 0 aromatic heterocycles. The second-order valence-corrected chi connectivity index (χ2v) is 4.39. The van der Waals surface area contributed by atoms with Crippen molar-refractivity contribution in [2.75, 3.05) is 21.0 Å². The Hall–Kier alpha value is -1.55. The maximum absolute atomic E-state index is 13.4. The first-order valence-corrected chi connectivity index (χ1v) is 5.84. The molecule has 98 valence electrons. The Balaban J connectivity index is 2.30. The first kappa shape index (κ1) is 12.9. The Labute approximate surface area is 106 Å². The minimum absolute atomic E-state index is 0.152. The van der Waals surface area contributed by atoms with Crippen molar-refractivity contribution in [1.82, 2.24) is 0 Å².